The first-order valence-electron chi connectivity index (χ1n) is 7.55. The van der Waals surface area contributed by atoms with Crippen molar-refractivity contribution >= 4 is 23.3 Å². The van der Waals surface area contributed by atoms with E-state index in [1.165, 1.54) is 5.56 Å². The average molecular weight is 309 g/mol. The number of hydrogen-bond donors (Lipinski definition) is 2. The largest absolute Gasteiger partial charge is 0.360 e. The Balaban J connectivity index is 1.85. The van der Waals surface area contributed by atoms with Gasteiger partial charge in [-0.1, -0.05) is 30.3 Å². The quantitative estimate of drug-likeness (QED) is 0.738. The topological polar surface area (TPSA) is 75.9 Å². The lowest BCUT2D eigenvalue weighted by Crippen LogP contribution is -2.03. The molecule has 1 aromatic carbocycles. The molecule has 0 aliphatic rings. The Kier molecular flexibility index (Phi) is 4.23. The standard InChI is InChI=1S/C17H19N5O/c1-4-13-7-5-6-8-14(13)19-15-9-11(2)18-17(20-15)21-16-10-12(3)23-22-16/h5-10H,4H2,1-3H3,(H2,18,19,20,21,22). The van der Waals surface area contributed by atoms with Crippen LogP contribution in [-0.4, -0.2) is 15.1 Å². The van der Waals surface area contributed by atoms with Crippen molar-refractivity contribution in [2.24, 2.45) is 0 Å². The van der Waals surface area contributed by atoms with Crippen molar-refractivity contribution < 1.29 is 4.52 Å². The second-order valence-corrected chi connectivity index (χ2v) is 5.30. The fourth-order valence-electron chi connectivity index (χ4n) is 2.32. The molecule has 0 unspecified atom stereocenters. The van der Waals surface area contributed by atoms with Gasteiger partial charge in [-0.2, -0.15) is 4.98 Å². The number of hydrogen-bond acceptors (Lipinski definition) is 6. The van der Waals surface area contributed by atoms with Crippen molar-refractivity contribution in [3.63, 3.8) is 0 Å². The van der Waals surface area contributed by atoms with Gasteiger partial charge in [-0.25, -0.2) is 4.98 Å². The van der Waals surface area contributed by atoms with E-state index in [4.69, 9.17) is 4.52 Å². The summed E-state index contributed by atoms with van der Waals surface area (Å²) in [6.07, 6.45) is 0.955. The minimum Gasteiger partial charge on any atom is -0.360 e. The highest BCUT2D eigenvalue weighted by molar-refractivity contribution is 5.62. The van der Waals surface area contributed by atoms with Crippen LogP contribution in [0.2, 0.25) is 0 Å². The van der Waals surface area contributed by atoms with E-state index in [1.54, 1.807) is 6.07 Å². The fourth-order valence-corrected chi connectivity index (χ4v) is 2.32. The molecule has 0 fully saturated rings. The van der Waals surface area contributed by atoms with Crippen molar-refractivity contribution in [1.82, 2.24) is 15.1 Å². The molecule has 2 N–H and O–H groups in total. The molecule has 3 rings (SSSR count). The second kappa shape index (κ2) is 6.48. The molecule has 23 heavy (non-hydrogen) atoms. The van der Waals surface area contributed by atoms with E-state index >= 15 is 0 Å². The Bertz CT molecular complexity index is 812. The summed E-state index contributed by atoms with van der Waals surface area (Å²) in [6, 6.07) is 11.9. The number of aryl methyl sites for hydroxylation is 3. The minimum atomic E-state index is 0.481. The van der Waals surface area contributed by atoms with Gasteiger partial charge in [-0.05, 0) is 31.9 Å². The van der Waals surface area contributed by atoms with Crippen LogP contribution in [0.5, 0.6) is 0 Å². The van der Waals surface area contributed by atoms with Gasteiger partial charge in [0.2, 0.25) is 5.95 Å². The van der Waals surface area contributed by atoms with Crippen molar-refractivity contribution in [1.29, 1.82) is 0 Å². The molecule has 0 saturated carbocycles. The van der Waals surface area contributed by atoms with Gasteiger partial charge in [0.1, 0.15) is 11.6 Å². The lowest BCUT2D eigenvalue weighted by Gasteiger charge is -2.11. The van der Waals surface area contributed by atoms with Crippen molar-refractivity contribution in [2.75, 3.05) is 10.6 Å². The first-order valence-corrected chi connectivity index (χ1v) is 7.55. The Morgan fingerprint density at radius 1 is 1.00 bits per heavy atom. The van der Waals surface area contributed by atoms with E-state index in [2.05, 4.69) is 38.7 Å². The zero-order valence-corrected chi connectivity index (χ0v) is 13.4. The molecule has 2 aromatic heterocycles. The normalized spacial score (nSPS) is 10.6. The molecule has 0 saturated heterocycles. The number of anilines is 4. The molecule has 6 heteroatoms. The number of benzene rings is 1. The van der Waals surface area contributed by atoms with E-state index in [0.717, 1.165) is 29.4 Å². The number of para-hydroxylation sites is 1. The zero-order valence-electron chi connectivity index (χ0n) is 13.4. The maximum Gasteiger partial charge on any atom is 0.230 e. The van der Waals surface area contributed by atoms with Crippen molar-refractivity contribution in [2.45, 2.75) is 27.2 Å². The first kappa shape index (κ1) is 15.0. The van der Waals surface area contributed by atoms with Crippen LogP contribution in [0.25, 0.3) is 0 Å². The average Bonchev–Trinajstić information content (AvgIpc) is 2.92. The van der Waals surface area contributed by atoms with Gasteiger partial charge >= 0.3 is 0 Å². The van der Waals surface area contributed by atoms with Gasteiger partial charge in [-0.15, -0.1) is 0 Å². The SMILES string of the molecule is CCc1ccccc1Nc1cc(C)nc(Nc2cc(C)on2)n1. The second-order valence-electron chi connectivity index (χ2n) is 5.30. The van der Waals surface area contributed by atoms with E-state index < -0.39 is 0 Å². The molecule has 2 heterocycles. The Morgan fingerprint density at radius 3 is 2.57 bits per heavy atom. The summed E-state index contributed by atoms with van der Waals surface area (Å²) in [4.78, 5) is 8.87. The summed E-state index contributed by atoms with van der Waals surface area (Å²) in [7, 11) is 0. The predicted octanol–water partition coefficient (Wildman–Crippen LogP) is 4.13. The molecule has 0 spiro atoms. The molecule has 0 bridgehead atoms. The van der Waals surface area contributed by atoms with Gasteiger partial charge in [-0.3, -0.25) is 0 Å². The van der Waals surface area contributed by atoms with Gasteiger partial charge < -0.3 is 15.2 Å². The van der Waals surface area contributed by atoms with Gasteiger partial charge in [0.25, 0.3) is 0 Å². The molecule has 0 amide bonds. The number of nitrogens with zero attached hydrogens (tertiary/aromatic N) is 3. The summed E-state index contributed by atoms with van der Waals surface area (Å²) in [5, 5.41) is 10.3. The molecule has 0 aliphatic carbocycles. The Morgan fingerprint density at radius 2 is 1.83 bits per heavy atom. The van der Waals surface area contributed by atoms with E-state index in [-0.39, 0.29) is 0 Å². The van der Waals surface area contributed by atoms with Crippen LogP contribution in [0.4, 0.5) is 23.3 Å². The first-order chi connectivity index (χ1) is 11.1. The highest BCUT2D eigenvalue weighted by atomic mass is 16.5. The Labute approximate surface area is 135 Å². The highest BCUT2D eigenvalue weighted by Gasteiger charge is 2.07. The van der Waals surface area contributed by atoms with E-state index in [1.807, 2.05) is 38.1 Å². The number of aromatic nitrogens is 3. The molecule has 118 valence electrons. The molecule has 3 aromatic rings. The summed E-state index contributed by atoms with van der Waals surface area (Å²) in [5.41, 5.74) is 3.15. The van der Waals surface area contributed by atoms with E-state index in [0.29, 0.717) is 11.8 Å². The van der Waals surface area contributed by atoms with Crippen LogP contribution in [-0.2, 0) is 6.42 Å². The van der Waals surface area contributed by atoms with Crippen LogP contribution >= 0.6 is 0 Å². The van der Waals surface area contributed by atoms with Crippen molar-refractivity contribution in [3.8, 4) is 0 Å². The summed E-state index contributed by atoms with van der Waals surface area (Å²) < 4.78 is 5.04. The summed E-state index contributed by atoms with van der Waals surface area (Å²) in [6.45, 7) is 5.90. The molecular weight excluding hydrogens is 290 g/mol. The summed E-state index contributed by atoms with van der Waals surface area (Å²) in [5.74, 6) is 2.54. The van der Waals surface area contributed by atoms with Crippen LogP contribution in [0.3, 0.4) is 0 Å². The maximum atomic E-state index is 5.04. The molecule has 0 aliphatic heterocycles. The predicted molar refractivity (Wildman–Crippen MR) is 90.4 cm³/mol. The molecule has 0 atom stereocenters. The monoisotopic (exact) mass is 309 g/mol. The smallest absolute Gasteiger partial charge is 0.230 e. The lowest BCUT2D eigenvalue weighted by atomic mass is 10.1. The summed E-state index contributed by atoms with van der Waals surface area (Å²) >= 11 is 0. The number of rotatable bonds is 5. The molecule has 6 nitrogen and oxygen atoms in total. The molecular formula is C17H19N5O. The van der Waals surface area contributed by atoms with Gasteiger partial charge in [0.05, 0.1) is 0 Å². The molecule has 0 radical (unpaired) electrons. The third kappa shape index (κ3) is 3.66. The van der Waals surface area contributed by atoms with Gasteiger partial charge in [0.15, 0.2) is 5.82 Å². The third-order valence-electron chi connectivity index (χ3n) is 3.38. The minimum absolute atomic E-state index is 0.481. The van der Waals surface area contributed by atoms with Crippen LogP contribution < -0.4 is 10.6 Å². The fraction of sp³-hybridized carbons (Fsp3) is 0.235. The van der Waals surface area contributed by atoms with Crippen LogP contribution in [0.15, 0.2) is 40.9 Å². The highest BCUT2D eigenvalue weighted by Crippen LogP contribution is 2.22. The lowest BCUT2D eigenvalue weighted by molar-refractivity contribution is 0.400. The Hall–Kier alpha value is -2.89. The number of nitrogens with one attached hydrogen (secondary N) is 2. The third-order valence-corrected chi connectivity index (χ3v) is 3.38. The van der Waals surface area contributed by atoms with E-state index in [9.17, 15) is 0 Å². The zero-order chi connectivity index (χ0) is 16.2. The van der Waals surface area contributed by atoms with Gasteiger partial charge in [0, 0.05) is 23.5 Å². The van der Waals surface area contributed by atoms with Crippen LogP contribution in [0.1, 0.15) is 23.9 Å². The maximum absolute atomic E-state index is 5.04. The van der Waals surface area contributed by atoms with Crippen molar-refractivity contribution in [3.05, 3.63) is 53.4 Å². The van der Waals surface area contributed by atoms with Crippen LogP contribution in [0, 0.1) is 13.8 Å².